The number of hydrogen-bond donors (Lipinski definition) is 2. The lowest BCUT2D eigenvalue weighted by molar-refractivity contribution is -0.117. The first-order chi connectivity index (χ1) is 14.1. The summed E-state index contributed by atoms with van der Waals surface area (Å²) in [7, 11) is 0. The largest absolute Gasteiger partial charge is 0.492 e. The van der Waals surface area contributed by atoms with E-state index in [1.54, 1.807) is 0 Å². The molecule has 0 radical (unpaired) electrons. The molecule has 2 N–H and O–H groups in total. The van der Waals surface area contributed by atoms with Gasteiger partial charge in [0.15, 0.2) is 0 Å². The molecule has 0 saturated carbocycles. The van der Waals surface area contributed by atoms with Crippen LogP contribution in [0.2, 0.25) is 0 Å². The molecular formula is C23H24FN3O2. The molecule has 0 spiro atoms. The first kappa shape index (κ1) is 19.2. The summed E-state index contributed by atoms with van der Waals surface area (Å²) in [6.45, 7) is 4.28. The Labute approximate surface area is 169 Å². The first-order valence-electron chi connectivity index (χ1n) is 9.84. The molecule has 1 aliphatic heterocycles. The molecule has 1 amide bonds. The lowest BCUT2D eigenvalue weighted by atomic mass is 9.99. The van der Waals surface area contributed by atoms with E-state index >= 15 is 0 Å². The van der Waals surface area contributed by atoms with Gasteiger partial charge in [0.05, 0.1) is 18.8 Å². The Morgan fingerprint density at radius 3 is 2.93 bits per heavy atom. The third kappa shape index (κ3) is 4.32. The number of nitrogens with one attached hydrogen (secondary N) is 2. The second-order valence-electron chi connectivity index (χ2n) is 7.08. The fraction of sp³-hybridized carbons (Fsp3) is 0.261. The third-order valence-corrected chi connectivity index (χ3v) is 5.11. The number of benzene rings is 2. The molecule has 29 heavy (non-hydrogen) atoms. The van der Waals surface area contributed by atoms with Gasteiger partial charge in [-0.05, 0) is 49.2 Å². The number of carbonyl (C=O) groups excluding carboxylic acids is 1. The number of nitrogens with zero attached hydrogens (tertiary/aromatic N) is 1. The number of aromatic nitrogens is 1. The summed E-state index contributed by atoms with van der Waals surface area (Å²) in [6.07, 6.45) is 4.92. The normalized spacial score (nSPS) is 14.6. The maximum atomic E-state index is 13.4. The average Bonchev–Trinajstić information content (AvgIpc) is 3.13. The van der Waals surface area contributed by atoms with Gasteiger partial charge in [-0.2, -0.15) is 0 Å². The Hall–Kier alpha value is -3.12. The lowest BCUT2D eigenvalue weighted by Crippen LogP contribution is -2.36. The molecule has 0 fully saturated rings. The van der Waals surface area contributed by atoms with Gasteiger partial charge in [-0.1, -0.05) is 18.2 Å². The Kier molecular flexibility index (Phi) is 5.62. The van der Waals surface area contributed by atoms with Crippen LogP contribution in [0.3, 0.4) is 0 Å². The molecule has 1 aromatic heterocycles. The van der Waals surface area contributed by atoms with E-state index in [1.807, 2.05) is 43.5 Å². The summed E-state index contributed by atoms with van der Waals surface area (Å²) in [4.78, 5) is 17.7. The summed E-state index contributed by atoms with van der Waals surface area (Å²) < 4.78 is 19.0. The van der Waals surface area contributed by atoms with Crippen LogP contribution in [0.15, 0.2) is 54.7 Å². The van der Waals surface area contributed by atoms with E-state index in [-0.39, 0.29) is 11.7 Å². The molecule has 0 bridgehead atoms. The fourth-order valence-electron chi connectivity index (χ4n) is 3.71. The number of H-pyrrole nitrogens is 1. The van der Waals surface area contributed by atoms with E-state index in [9.17, 15) is 9.18 Å². The van der Waals surface area contributed by atoms with Gasteiger partial charge < -0.3 is 15.0 Å². The number of ether oxygens (including phenoxy) is 1. The quantitative estimate of drug-likeness (QED) is 0.651. The molecular weight excluding hydrogens is 369 g/mol. The maximum absolute atomic E-state index is 13.4. The average molecular weight is 393 g/mol. The van der Waals surface area contributed by atoms with Crippen molar-refractivity contribution in [2.45, 2.75) is 13.3 Å². The highest BCUT2D eigenvalue weighted by atomic mass is 19.1. The van der Waals surface area contributed by atoms with Crippen molar-refractivity contribution in [3.8, 4) is 5.75 Å². The Morgan fingerprint density at radius 2 is 2.14 bits per heavy atom. The van der Waals surface area contributed by atoms with Crippen LogP contribution in [0, 0.1) is 5.82 Å². The van der Waals surface area contributed by atoms with Crippen molar-refractivity contribution in [3.63, 3.8) is 0 Å². The number of para-hydroxylation sites is 2. The molecule has 150 valence electrons. The SMILES string of the molecule is CCOc1ccccc1NC(=O)CN1CC=C(c2c[nH]c3cc(F)ccc23)CC1. The molecule has 2 heterocycles. The van der Waals surface area contributed by atoms with Gasteiger partial charge in [-0.25, -0.2) is 4.39 Å². The number of carbonyl (C=O) groups is 1. The van der Waals surface area contributed by atoms with Gasteiger partial charge in [-0.15, -0.1) is 0 Å². The number of anilines is 1. The van der Waals surface area contributed by atoms with Crippen LogP contribution in [0.25, 0.3) is 16.5 Å². The van der Waals surface area contributed by atoms with Crippen molar-refractivity contribution in [2.24, 2.45) is 0 Å². The second kappa shape index (κ2) is 8.49. The summed E-state index contributed by atoms with van der Waals surface area (Å²) in [5, 5.41) is 3.97. The number of fused-ring (bicyclic) bond motifs is 1. The number of amides is 1. The van der Waals surface area contributed by atoms with Crippen molar-refractivity contribution < 1.29 is 13.9 Å². The molecule has 2 aromatic carbocycles. The third-order valence-electron chi connectivity index (χ3n) is 5.11. The predicted molar refractivity (Wildman–Crippen MR) is 114 cm³/mol. The van der Waals surface area contributed by atoms with Crippen molar-refractivity contribution in [1.82, 2.24) is 9.88 Å². The molecule has 0 aliphatic carbocycles. The van der Waals surface area contributed by atoms with Crippen LogP contribution in [-0.4, -0.2) is 42.0 Å². The van der Waals surface area contributed by atoms with Crippen molar-refractivity contribution in [1.29, 1.82) is 0 Å². The molecule has 4 rings (SSSR count). The molecule has 5 nitrogen and oxygen atoms in total. The molecule has 0 atom stereocenters. The fourth-order valence-corrected chi connectivity index (χ4v) is 3.71. The van der Waals surface area contributed by atoms with Crippen LogP contribution in [-0.2, 0) is 4.79 Å². The smallest absolute Gasteiger partial charge is 0.238 e. The first-order valence-corrected chi connectivity index (χ1v) is 9.84. The molecule has 3 aromatic rings. The highest BCUT2D eigenvalue weighted by Crippen LogP contribution is 2.29. The van der Waals surface area contributed by atoms with Gasteiger partial charge in [-0.3, -0.25) is 9.69 Å². The van der Waals surface area contributed by atoms with Crippen molar-refractivity contribution in [3.05, 3.63) is 66.1 Å². The van der Waals surface area contributed by atoms with Crippen LogP contribution in [0.5, 0.6) is 5.75 Å². The van der Waals surface area contributed by atoms with E-state index in [0.717, 1.165) is 29.4 Å². The minimum atomic E-state index is -0.244. The highest BCUT2D eigenvalue weighted by Gasteiger charge is 2.18. The standard InChI is InChI=1S/C23H24FN3O2/c1-2-29-22-6-4-3-5-20(22)26-23(28)15-27-11-9-16(10-12-27)19-14-25-21-13-17(24)7-8-18(19)21/h3-9,13-14,25H,2,10-12,15H2,1H3,(H,26,28). The van der Waals surface area contributed by atoms with Gasteiger partial charge in [0.1, 0.15) is 11.6 Å². The van der Waals surface area contributed by atoms with Gasteiger partial charge in [0, 0.05) is 35.8 Å². The zero-order valence-corrected chi connectivity index (χ0v) is 16.4. The highest BCUT2D eigenvalue weighted by molar-refractivity contribution is 5.94. The summed E-state index contributed by atoms with van der Waals surface area (Å²) in [5.41, 5.74) is 3.82. The molecule has 6 heteroatoms. The predicted octanol–water partition coefficient (Wildman–Crippen LogP) is 4.43. The summed E-state index contributed by atoms with van der Waals surface area (Å²) >= 11 is 0. The number of halogens is 1. The summed E-state index contributed by atoms with van der Waals surface area (Å²) in [6, 6.07) is 12.3. The van der Waals surface area contributed by atoms with Gasteiger partial charge in [0.25, 0.3) is 0 Å². The number of hydrogen-bond acceptors (Lipinski definition) is 3. The summed E-state index contributed by atoms with van der Waals surface area (Å²) in [5.74, 6) is 0.378. The van der Waals surface area contributed by atoms with Crippen LogP contribution < -0.4 is 10.1 Å². The lowest BCUT2D eigenvalue weighted by Gasteiger charge is -2.25. The molecule has 0 saturated heterocycles. The Bertz CT molecular complexity index is 1060. The number of rotatable bonds is 6. The number of aromatic amines is 1. The van der Waals surface area contributed by atoms with E-state index in [0.29, 0.717) is 31.1 Å². The van der Waals surface area contributed by atoms with Crippen molar-refractivity contribution in [2.75, 3.05) is 31.6 Å². The Balaban J connectivity index is 1.39. The molecule has 0 unspecified atom stereocenters. The minimum absolute atomic E-state index is 0.0587. The van der Waals surface area contributed by atoms with E-state index in [1.165, 1.54) is 17.7 Å². The van der Waals surface area contributed by atoms with E-state index in [2.05, 4.69) is 21.3 Å². The van der Waals surface area contributed by atoms with Crippen LogP contribution in [0.1, 0.15) is 18.9 Å². The topological polar surface area (TPSA) is 57.4 Å². The monoisotopic (exact) mass is 393 g/mol. The maximum Gasteiger partial charge on any atom is 0.238 e. The Morgan fingerprint density at radius 1 is 1.28 bits per heavy atom. The van der Waals surface area contributed by atoms with Crippen LogP contribution in [0.4, 0.5) is 10.1 Å². The van der Waals surface area contributed by atoms with E-state index in [4.69, 9.17) is 4.74 Å². The van der Waals surface area contributed by atoms with Gasteiger partial charge in [0.2, 0.25) is 5.91 Å². The minimum Gasteiger partial charge on any atom is -0.492 e. The second-order valence-corrected chi connectivity index (χ2v) is 7.08. The van der Waals surface area contributed by atoms with E-state index < -0.39 is 0 Å². The van der Waals surface area contributed by atoms with Crippen molar-refractivity contribution >= 4 is 28.1 Å². The van der Waals surface area contributed by atoms with Gasteiger partial charge >= 0.3 is 0 Å². The zero-order valence-electron chi connectivity index (χ0n) is 16.4. The molecule has 1 aliphatic rings. The zero-order chi connectivity index (χ0) is 20.2. The van der Waals surface area contributed by atoms with Crippen LogP contribution >= 0.6 is 0 Å².